The van der Waals surface area contributed by atoms with E-state index in [0.717, 1.165) is 5.56 Å². The third kappa shape index (κ3) is 3.09. The number of anilines is 1. The number of urea groups is 1. The lowest BCUT2D eigenvalue weighted by Crippen LogP contribution is -2.33. The highest BCUT2D eigenvalue weighted by molar-refractivity contribution is 5.89. The molecule has 0 bridgehead atoms. The second kappa shape index (κ2) is 5.51. The third-order valence-electron chi connectivity index (χ3n) is 3.59. The number of nitrogens with zero attached hydrogens (tertiary/aromatic N) is 2. The minimum atomic E-state index is -0.540. The van der Waals surface area contributed by atoms with Crippen LogP contribution in [0.25, 0.3) is 0 Å². The molecule has 0 spiro atoms. The van der Waals surface area contributed by atoms with E-state index < -0.39 is 11.5 Å². The number of nitriles is 1. The average Bonchev–Trinajstić information content (AvgIpc) is 2.86. The summed E-state index contributed by atoms with van der Waals surface area (Å²) in [4.78, 5) is 13.5. The van der Waals surface area contributed by atoms with Gasteiger partial charge in [0.1, 0.15) is 0 Å². The fraction of sp³-hybridized carbons (Fsp3) is 0.467. The van der Waals surface area contributed by atoms with Gasteiger partial charge in [-0.25, -0.2) is 4.79 Å². The molecule has 0 saturated carbocycles. The van der Waals surface area contributed by atoms with Crippen molar-refractivity contribution in [2.24, 2.45) is 0 Å². The van der Waals surface area contributed by atoms with Crippen molar-refractivity contribution in [1.82, 2.24) is 4.90 Å². The smallest absolute Gasteiger partial charge is 0.321 e. The molecule has 1 aromatic carbocycles. The molecule has 0 radical (unpaired) electrons. The Labute approximate surface area is 118 Å². The van der Waals surface area contributed by atoms with Crippen LogP contribution in [0.5, 0.6) is 0 Å². The van der Waals surface area contributed by atoms with E-state index in [-0.39, 0.29) is 6.03 Å². The van der Waals surface area contributed by atoms with Gasteiger partial charge in [0.05, 0.1) is 17.6 Å². The van der Waals surface area contributed by atoms with E-state index in [4.69, 9.17) is 5.26 Å². The van der Waals surface area contributed by atoms with Crippen LogP contribution in [-0.4, -0.2) is 35.2 Å². The SMILES string of the molecule is CC(C)(C#N)c1ccc(NC(=O)N2CC[C@H](O)C2)cc1. The van der Waals surface area contributed by atoms with Gasteiger partial charge in [0.25, 0.3) is 0 Å². The molecule has 0 aromatic heterocycles. The summed E-state index contributed by atoms with van der Waals surface area (Å²) in [6.45, 7) is 4.66. The van der Waals surface area contributed by atoms with Crippen molar-refractivity contribution in [2.45, 2.75) is 31.8 Å². The molecular formula is C15H19N3O2. The highest BCUT2D eigenvalue weighted by atomic mass is 16.3. The van der Waals surface area contributed by atoms with Gasteiger partial charge in [0.2, 0.25) is 0 Å². The predicted octanol–water partition coefficient (Wildman–Crippen LogP) is 2.09. The summed E-state index contributed by atoms with van der Waals surface area (Å²) in [5.41, 5.74) is 1.06. The molecule has 0 unspecified atom stereocenters. The Morgan fingerprint density at radius 1 is 1.45 bits per heavy atom. The quantitative estimate of drug-likeness (QED) is 0.866. The van der Waals surface area contributed by atoms with Gasteiger partial charge < -0.3 is 15.3 Å². The van der Waals surface area contributed by atoms with Crippen LogP contribution in [0.4, 0.5) is 10.5 Å². The van der Waals surface area contributed by atoms with Crippen LogP contribution >= 0.6 is 0 Å². The molecule has 1 fully saturated rings. The molecule has 1 atom stereocenters. The Balaban J connectivity index is 2.01. The van der Waals surface area contributed by atoms with Crippen molar-refractivity contribution in [2.75, 3.05) is 18.4 Å². The zero-order valence-electron chi connectivity index (χ0n) is 11.8. The fourth-order valence-electron chi connectivity index (χ4n) is 2.16. The van der Waals surface area contributed by atoms with E-state index in [0.29, 0.717) is 25.2 Å². The number of nitrogens with one attached hydrogen (secondary N) is 1. The van der Waals surface area contributed by atoms with Gasteiger partial charge in [-0.3, -0.25) is 0 Å². The first-order valence-electron chi connectivity index (χ1n) is 6.68. The number of amides is 2. The highest BCUT2D eigenvalue weighted by Crippen LogP contribution is 2.23. The largest absolute Gasteiger partial charge is 0.391 e. The zero-order chi connectivity index (χ0) is 14.8. The number of hydrogen-bond donors (Lipinski definition) is 2. The standard InChI is InChI=1S/C15H19N3O2/c1-15(2,10-16)11-3-5-12(6-4-11)17-14(20)18-8-7-13(19)9-18/h3-6,13,19H,7-9H2,1-2H3,(H,17,20)/t13-/m0/s1. The molecule has 20 heavy (non-hydrogen) atoms. The summed E-state index contributed by atoms with van der Waals surface area (Å²) in [7, 11) is 0. The maximum Gasteiger partial charge on any atom is 0.321 e. The van der Waals surface area contributed by atoms with E-state index in [1.54, 1.807) is 17.0 Å². The Bertz CT molecular complexity index is 531. The number of β-amino-alcohol motifs (C(OH)–C–C–N with tert-alkyl or cyclic N) is 1. The van der Waals surface area contributed by atoms with Crippen LogP contribution in [0.2, 0.25) is 0 Å². The summed E-state index contributed by atoms with van der Waals surface area (Å²) in [5, 5.41) is 21.3. The number of carbonyl (C=O) groups is 1. The molecule has 5 nitrogen and oxygen atoms in total. The molecule has 1 saturated heterocycles. The fourth-order valence-corrected chi connectivity index (χ4v) is 2.16. The first-order valence-corrected chi connectivity index (χ1v) is 6.68. The van der Waals surface area contributed by atoms with Crippen LogP contribution in [0.1, 0.15) is 25.8 Å². The Kier molecular flexibility index (Phi) is 3.96. The molecule has 2 amide bonds. The van der Waals surface area contributed by atoms with Crippen LogP contribution in [0.15, 0.2) is 24.3 Å². The minimum Gasteiger partial charge on any atom is -0.391 e. The molecule has 1 aliphatic rings. The van der Waals surface area contributed by atoms with E-state index in [1.807, 2.05) is 26.0 Å². The second-order valence-electron chi connectivity index (χ2n) is 5.63. The minimum absolute atomic E-state index is 0.200. The maximum absolute atomic E-state index is 11.9. The van der Waals surface area contributed by atoms with E-state index in [2.05, 4.69) is 11.4 Å². The van der Waals surface area contributed by atoms with Crippen molar-refractivity contribution in [3.05, 3.63) is 29.8 Å². The third-order valence-corrected chi connectivity index (χ3v) is 3.59. The Hall–Kier alpha value is -2.06. The summed E-state index contributed by atoms with van der Waals surface area (Å²) < 4.78 is 0. The van der Waals surface area contributed by atoms with Gasteiger partial charge in [-0.2, -0.15) is 5.26 Å². The topological polar surface area (TPSA) is 76.4 Å². The number of aliphatic hydroxyl groups excluding tert-OH is 1. The molecule has 2 N–H and O–H groups in total. The van der Waals surface area contributed by atoms with Crippen molar-refractivity contribution >= 4 is 11.7 Å². The molecule has 2 rings (SSSR count). The van der Waals surface area contributed by atoms with Crippen LogP contribution < -0.4 is 5.32 Å². The molecule has 1 aromatic rings. The lowest BCUT2D eigenvalue weighted by atomic mass is 9.86. The summed E-state index contributed by atoms with van der Waals surface area (Å²) >= 11 is 0. The number of carbonyl (C=O) groups excluding carboxylic acids is 1. The second-order valence-corrected chi connectivity index (χ2v) is 5.63. The average molecular weight is 273 g/mol. The predicted molar refractivity (Wildman–Crippen MR) is 76.3 cm³/mol. The molecule has 1 heterocycles. The lowest BCUT2D eigenvalue weighted by Gasteiger charge is -2.18. The van der Waals surface area contributed by atoms with E-state index in [9.17, 15) is 9.90 Å². The lowest BCUT2D eigenvalue weighted by molar-refractivity contribution is 0.176. The summed E-state index contributed by atoms with van der Waals surface area (Å²) in [6.07, 6.45) is 0.211. The van der Waals surface area contributed by atoms with Gasteiger partial charge in [-0.1, -0.05) is 12.1 Å². The first kappa shape index (κ1) is 14.4. The van der Waals surface area contributed by atoms with Gasteiger partial charge in [0, 0.05) is 18.8 Å². The number of likely N-dealkylation sites (tertiary alicyclic amines) is 1. The number of rotatable bonds is 2. The van der Waals surface area contributed by atoms with Crippen LogP contribution in [0.3, 0.4) is 0 Å². The molecular weight excluding hydrogens is 254 g/mol. The first-order chi connectivity index (χ1) is 9.42. The van der Waals surface area contributed by atoms with E-state index in [1.165, 1.54) is 0 Å². The van der Waals surface area contributed by atoms with Crippen molar-refractivity contribution < 1.29 is 9.90 Å². The van der Waals surface area contributed by atoms with Gasteiger partial charge in [-0.15, -0.1) is 0 Å². The normalized spacial score (nSPS) is 18.7. The van der Waals surface area contributed by atoms with Crippen molar-refractivity contribution in [3.63, 3.8) is 0 Å². The van der Waals surface area contributed by atoms with Crippen molar-refractivity contribution in [1.29, 1.82) is 5.26 Å². The molecule has 106 valence electrons. The summed E-state index contributed by atoms with van der Waals surface area (Å²) in [5.74, 6) is 0. The zero-order valence-corrected chi connectivity index (χ0v) is 11.8. The van der Waals surface area contributed by atoms with Crippen molar-refractivity contribution in [3.8, 4) is 6.07 Å². The van der Waals surface area contributed by atoms with Gasteiger partial charge >= 0.3 is 6.03 Å². The van der Waals surface area contributed by atoms with Gasteiger partial charge in [-0.05, 0) is 38.0 Å². The Morgan fingerprint density at radius 2 is 2.10 bits per heavy atom. The number of benzene rings is 1. The molecule has 1 aliphatic heterocycles. The number of aliphatic hydroxyl groups is 1. The van der Waals surface area contributed by atoms with Crippen LogP contribution in [-0.2, 0) is 5.41 Å². The number of hydrogen-bond acceptors (Lipinski definition) is 3. The highest BCUT2D eigenvalue weighted by Gasteiger charge is 2.24. The Morgan fingerprint density at radius 3 is 2.60 bits per heavy atom. The molecule has 5 heteroatoms. The summed E-state index contributed by atoms with van der Waals surface area (Å²) in [6, 6.07) is 9.31. The van der Waals surface area contributed by atoms with E-state index >= 15 is 0 Å². The maximum atomic E-state index is 11.9. The van der Waals surface area contributed by atoms with Gasteiger partial charge in [0.15, 0.2) is 0 Å². The monoisotopic (exact) mass is 273 g/mol. The molecule has 0 aliphatic carbocycles. The van der Waals surface area contributed by atoms with Crippen LogP contribution in [0, 0.1) is 11.3 Å².